The maximum atomic E-state index is 12.5. The van der Waals surface area contributed by atoms with E-state index in [0.29, 0.717) is 15.7 Å². The molecule has 138 valence electrons. The van der Waals surface area contributed by atoms with Gasteiger partial charge >= 0.3 is 5.97 Å². The lowest BCUT2D eigenvalue weighted by Gasteiger charge is -2.20. The van der Waals surface area contributed by atoms with Crippen LogP contribution in [-0.4, -0.2) is 44.9 Å². The van der Waals surface area contributed by atoms with Crippen LogP contribution in [-0.2, 0) is 4.79 Å². The zero-order valence-corrected chi connectivity index (χ0v) is 15.8. The van der Waals surface area contributed by atoms with Crippen molar-refractivity contribution in [1.82, 2.24) is 9.88 Å². The maximum Gasteiger partial charge on any atom is 0.323 e. The van der Waals surface area contributed by atoms with Gasteiger partial charge in [0.15, 0.2) is 4.34 Å². The molecule has 1 N–H and O–H groups in total. The molecule has 8 nitrogen and oxygen atoms in total. The van der Waals surface area contributed by atoms with Crippen molar-refractivity contribution in [1.29, 1.82) is 0 Å². The Morgan fingerprint density at radius 2 is 2.15 bits per heavy atom. The van der Waals surface area contributed by atoms with Crippen LogP contribution in [0.5, 0.6) is 0 Å². The average Bonchev–Trinajstić information content (AvgIpc) is 2.98. The molecule has 0 saturated carbocycles. The molecule has 26 heavy (non-hydrogen) atoms. The first kappa shape index (κ1) is 19.9. The summed E-state index contributed by atoms with van der Waals surface area (Å²) < 4.78 is 0.670. The van der Waals surface area contributed by atoms with Crippen molar-refractivity contribution in [3.05, 3.63) is 45.0 Å². The second kappa shape index (κ2) is 8.77. The van der Waals surface area contributed by atoms with E-state index in [4.69, 9.17) is 5.11 Å². The summed E-state index contributed by atoms with van der Waals surface area (Å²) in [6.07, 6.45) is 0.582. The molecule has 0 fully saturated rings. The SMILES string of the molecule is CCCN(CC(=O)O)C(=O)c1ccc(Sc2nc(C)cs2)c([N+](=O)[O-])c1. The highest BCUT2D eigenvalue weighted by Gasteiger charge is 2.23. The number of aryl methyl sites for hydroxylation is 1. The number of nitro groups is 1. The van der Waals surface area contributed by atoms with E-state index in [2.05, 4.69) is 4.98 Å². The fraction of sp³-hybridized carbons (Fsp3) is 0.312. The van der Waals surface area contributed by atoms with Gasteiger partial charge in [-0.2, -0.15) is 0 Å². The molecule has 0 aliphatic rings. The fourth-order valence-corrected chi connectivity index (χ4v) is 4.10. The Morgan fingerprint density at radius 3 is 2.69 bits per heavy atom. The van der Waals surface area contributed by atoms with Gasteiger partial charge in [-0.1, -0.05) is 18.7 Å². The highest BCUT2D eigenvalue weighted by Crippen LogP contribution is 2.36. The Balaban J connectivity index is 2.32. The molecule has 0 spiro atoms. The average molecular weight is 395 g/mol. The number of carboxylic acid groups (broad SMARTS) is 1. The van der Waals surface area contributed by atoms with Crippen molar-refractivity contribution in [2.45, 2.75) is 29.5 Å². The van der Waals surface area contributed by atoms with Gasteiger partial charge in [0.25, 0.3) is 11.6 Å². The van der Waals surface area contributed by atoms with Crippen LogP contribution in [0.3, 0.4) is 0 Å². The first-order valence-electron chi connectivity index (χ1n) is 7.71. The summed E-state index contributed by atoms with van der Waals surface area (Å²) in [5, 5.41) is 22.2. The molecular weight excluding hydrogens is 378 g/mol. The fourth-order valence-electron chi connectivity index (χ4n) is 2.22. The number of nitrogens with zero attached hydrogens (tertiary/aromatic N) is 3. The Bertz CT molecular complexity index is 837. The first-order chi connectivity index (χ1) is 12.3. The quantitative estimate of drug-likeness (QED) is 0.538. The molecule has 0 saturated heterocycles. The molecular formula is C16H17N3O5S2. The minimum atomic E-state index is -1.13. The van der Waals surface area contributed by atoms with Crippen LogP contribution < -0.4 is 0 Å². The second-order valence-corrected chi connectivity index (χ2v) is 7.56. The van der Waals surface area contributed by atoms with Crippen molar-refractivity contribution in [3.8, 4) is 0 Å². The van der Waals surface area contributed by atoms with Crippen molar-refractivity contribution >= 4 is 40.7 Å². The van der Waals surface area contributed by atoms with Crippen LogP contribution in [0.4, 0.5) is 5.69 Å². The third kappa shape index (κ3) is 5.02. The number of carboxylic acids is 1. The van der Waals surface area contributed by atoms with Gasteiger partial charge in [-0.3, -0.25) is 19.7 Å². The Hall–Kier alpha value is -2.46. The summed E-state index contributed by atoms with van der Waals surface area (Å²) in [6.45, 7) is 3.46. The van der Waals surface area contributed by atoms with Crippen LogP contribution in [0.15, 0.2) is 32.8 Å². The van der Waals surface area contributed by atoms with E-state index in [1.807, 2.05) is 19.2 Å². The summed E-state index contributed by atoms with van der Waals surface area (Å²) in [4.78, 5) is 40.2. The first-order valence-corrected chi connectivity index (χ1v) is 9.41. The summed E-state index contributed by atoms with van der Waals surface area (Å²) >= 11 is 2.54. The third-order valence-corrected chi connectivity index (χ3v) is 5.43. The summed E-state index contributed by atoms with van der Waals surface area (Å²) in [6, 6.07) is 4.16. The summed E-state index contributed by atoms with van der Waals surface area (Å²) in [7, 11) is 0. The van der Waals surface area contributed by atoms with Crippen molar-refractivity contribution < 1.29 is 19.6 Å². The van der Waals surface area contributed by atoms with E-state index in [1.165, 1.54) is 34.4 Å². The molecule has 1 amide bonds. The van der Waals surface area contributed by atoms with Crippen LogP contribution in [0, 0.1) is 17.0 Å². The van der Waals surface area contributed by atoms with Crippen molar-refractivity contribution in [2.24, 2.45) is 0 Å². The summed E-state index contributed by atoms with van der Waals surface area (Å²) in [5.41, 5.74) is 0.711. The van der Waals surface area contributed by atoms with E-state index >= 15 is 0 Å². The lowest BCUT2D eigenvalue weighted by Crippen LogP contribution is -2.36. The van der Waals surface area contributed by atoms with E-state index in [-0.39, 0.29) is 17.8 Å². The minimum absolute atomic E-state index is 0.0890. The van der Waals surface area contributed by atoms with E-state index < -0.39 is 23.3 Å². The zero-order valence-electron chi connectivity index (χ0n) is 14.2. The number of amides is 1. The molecule has 0 aliphatic heterocycles. The number of nitro benzene ring substituents is 1. The van der Waals surface area contributed by atoms with Gasteiger partial charge in [0.05, 0.1) is 9.82 Å². The van der Waals surface area contributed by atoms with Crippen molar-refractivity contribution in [3.63, 3.8) is 0 Å². The highest BCUT2D eigenvalue weighted by molar-refractivity contribution is 8.01. The highest BCUT2D eigenvalue weighted by atomic mass is 32.2. The van der Waals surface area contributed by atoms with Crippen LogP contribution in [0.2, 0.25) is 0 Å². The number of carbonyl (C=O) groups excluding carboxylic acids is 1. The maximum absolute atomic E-state index is 12.5. The molecule has 0 unspecified atom stereocenters. The molecule has 1 heterocycles. The van der Waals surface area contributed by atoms with Gasteiger partial charge in [0, 0.05) is 29.2 Å². The standard InChI is InChI=1S/C16H17N3O5S2/c1-3-6-18(8-14(20)21)15(22)11-4-5-13(12(7-11)19(23)24)26-16-17-10(2)9-25-16/h4-5,7,9H,3,6,8H2,1-2H3,(H,20,21). The second-order valence-electron chi connectivity index (χ2n) is 5.42. The topological polar surface area (TPSA) is 114 Å². The van der Waals surface area contributed by atoms with Gasteiger partial charge in [-0.15, -0.1) is 11.3 Å². The molecule has 2 aromatic rings. The van der Waals surface area contributed by atoms with Gasteiger partial charge in [-0.05, 0) is 25.5 Å². The van der Waals surface area contributed by atoms with Gasteiger partial charge in [-0.25, -0.2) is 4.98 Å². The monoisotopic (exact) mass is 395 g/mol. The molecule has 0 radical (unpaired) electrons. The zero-order chi connectivity index (χ0) is 19.3. The van der Waals surface area contributed by atoms with E-state index in [9.17, 15) is 19.7 Å². The Kier molecular flexibility index (Phi) is 6.70. The van der Waals surface area contributed by atoms with Crippen LogP contribution in [0.25, 0.3) is 0 Å². The largest absolute Gasteiger partial charge is 0.480 e. The molecule has 1 aromatic heterocycles. The molecule has 10 heteroatoms. The van der Waals surface area contributed by atoms with Gasteiger partial charge in [0.2, 0.25) is 0 Å². The van der Waals surface area contributed by atoms with Crippen LogP contribution in [0.1, 0.15) is 29.4 Å². The third-order valence-electron chi connectivity index (χ3n) is 3.30. The lowest BCUT2D eigenvalue weighted by molar-refractivity contribution is -0.387. The number of aliphatic carboxylic acids is 1. The normalized spacial score (nSPS) is 10.5. The number of hydrogen-bond acceptors (Lipinski definition) is 7. The summed E-state index contributed by atoms with van der Waals surface area (Å²) in [5.74, 6) is -1.67. The molecule has 0 atom stereocenters. The number of carbonyl (C=O) groups is 2. The number of thiazole rings is 1. The number of hydrogen-bond donors (Lipinski definition) is 1. The number of rotatable bonds is 8. The predicted octanol–water partition coefficient (Wildman–Crippen LogP) is 3.45. The predicted molar refractivity (Wildman–Crippen MR) is 97.9 cm³/mol. The Morgan fingerprint density at radius 1 is 1.42 bits per heavy atom. The van der Waals surface area contributed by atoms with Crippen LogP contribution >= 0.6 is 23.1 Å². The molecule has 0 bridgehead atoms. The molecule has 2 rings (SSSR count). The molecule has 0 aliphatic carbocycles. The van der Waals surface area contributed by atoms with E-state index in [1.54, 1.807) is 0 Å². The van der Waals surface area contributed by atoms with Gasteiger partial charge in [0.1, 0.15) is 6.54 Å². The Labute approximate surface area is 158 Å². The van der Waals surface area contributed by atoms with Gasteiger partial charge < -0.3 is 10.0 Å². The smallest absolute Gasteiger partial charge is 0.323 e. The molecule has 1 aromatic carbocycles. The lowest BCUT2D eigenvalue weighted by atomic mass is 10.1. The van der Waals surface area contributed by atoms with Crippen molar-refractivity contribution in [2.75, 3.05) is 13.1 Å². The number of benzene rings is 1. The minimum Gasteiger partial charge on any atom is -0.480 e. The van der Waals surface area contributed by atoms with E-state index in [0.717, 1.165) is 17.5 Å². The number of aromatic nitrogens is 1.